The summed E-state index contributed by atoms with van der Waals surface area (Å²) in [6.45, 7) is 20.7. The number of hydrogen-bond donors (Lipinski definition) is 1. The Morgan fingerprint density at radius 3 is 1.73 bits per heavy atom. The summed E-state index contributed by atoms with van der Waals surface area (Å²) >= 11 is 0. The summed E-state index contributed by atoms with van der Waals surface area (Å²) in [6.07, 6.45) is 2.11. The fourth-order valence-corrected chi connectivity index (χ4v) is 2.24. The number of benzene rings is 2. The SMILES string of the molecule is [C-]#[N+]C(=Cc1ccc(OCC(O)COc2ccc(/C=C(/C#N)[N+]#[C-])cc2)cc1)[N+]#[C-]. The van der Waals surface area contributed by atoms with Crippen molar-refractivity contribution in [3.63, 3.8) is 0 Å². The van der Waals surface area contributed by atoms with Crippen molar-refractivity contribution in [2.75, 3.05) is 13.2 Å². The molecule has 7 nitrogen and oxygen atoms in total. The van der Waals surface area contributed by atoms with Crippen molar-refractivity contribution < 1.29 is 14.6 Å². The Labute approximate surface area is 174 Å². The van der Waals surface area contributed by atoms with Crippen LogP contribution in [0.2, 0.25) is 0 Å². The molecule has 1 unspecified atom stereocenters. The monoisotopic (exact) mass is 396 g/mol. The lowest BCUT2D eigenvalue weighted by Crippen LogP contribution is -2.25. The average molecular weight is 396 g/mol. The average Bonchev–Trinajstić information content (AvgIpc) is 2.79. The van der Waals surface area contributed by atoms with Gasteiger partial charge in [0.2, 0.25) is 0 Å². The summed E-state index contributed by atoms with van der Waals surface area (Å²) in [4.78, 5) is 9.31. The second kappa shape index (κ2) is 11.3. The fourth-order valence-electron chi connectivity index (χ4n) is 2.24. The number of rotatable bonds is 8. The number of hydrogen-bond acceptors (Lipinski definition) is 4. The highest BCUT2D eigenvalue weighted by Gasteiger charge is 2.08. The minimum Gasteiger partial charge on any atom is -0.491 e. The van der Waals surface area contributed by atoms with E-state index in [2.05, 4.69) is 14.5 Å². The van der Waals surface area contributed by atoms with Gasteiger partial charge >= 0.3 is 5.82 Å². The molecule has 0 bridgehead atoms. The van der Waals surface area contributed by atoms with Crippen LogP contribution in [-0.2, 0) is 0 Å². The summed E-state index contributed by atoms with van der Waals surface area (Å²) in [7, 11) is 0. The number of ether oxygens (including phenoxy) is 2. The molecule has 2 aromatic rings. The third kappa shape index (κ3) is 6.87. The second-order valence-electron chi connectivity index (χ2n) is 5.89. The quantitative estimate of drug-likeness (QED) is 0.529. The zero-order valence-corrected chi connectivity index (χ0v) is 15.8. The maximum Gasteiger partial charge on any atom is 0.519 e. The fraction of sp³-hybridized carbons (Fsp3) is 0.130. The van der Waals surface area contributed by atoms with Crippen LogP contribution in [0.4, 0.5) is 0 Å². The van der Waals surface area contributed by atoms with Crippen LogP contribution in [0.5, 0.6) is 11.5 Å². The van der Waals surface area contributed by atoms with Crippen LogP contribution in [0.1, 0.15) is 11.1 Å². The summed E-state index contributed by atoms with van der Waals surface area (Å²) < 4.78 is 11.0. The molecule has 0 fully saturated rings. The molecule has 7 heteroatoms. The first kappa shape index (κ1) is 21.7. The number of aliphatic hydroxyl groups excluding tert-OH is 1. The van der Waals surface area contributed by atoms with E-state index in [1.165, 1.54) is 12.2 Å². The molecule has 146 valence electrons. The van der Waals surface area contributed by atoms with Crippen LogP contribution in [-0.4, -0.2) is 24.4 Å². The minimum atomic E-state index is -0.854. The smallest absolute Gasteiger partial charge is 0.491 e. The first-order valence-corrected chi connectivity index (χ1v) is 8.67. The van der Waals surface area contributed by atoms with Crippen LogP contribution in [0, 0.1) is 31.0 Å². The minimum absolute atomic E-state index is 0.00138. The molecule has 0 aliphatic carbocycles. The van der Waals surface area contributed by atoms with E-state index in [0.717, 1.165) is 0 Å². The third-order valence-electron chi connectivity index (χ3n) is 3.71. The van der Waals surface area contributed by atoms with Gasteiger partial charge in [-0.1, -0.05) is 24.3 Å². The van der Waals surface area contributed by atoms with E-state index in [1.807, 2.05) is 0 Å². The van der Waals surface area contributed by atoms with Gasteiger partial charge in [-0.15, -0.1) is 0 Å². The van der Waals surface area contributed by atoms with Crippen LogP contribution < -0.4 is 9.47 Å². The molecule has 0 aliphatic heterocycles. The molecule has 0 aromatic heterocycles. The van der Waals surface area contributed by atoms with Gasteiger partial charge in [0.25, 0.3) is 5.70 Å². The van der Waals surface area contributed by atoms with E-state index >= 15 is 0 Å². The molecule has 30 heavy (non-hydrogen) atoms. The van der Waals surface area contributed by atoms with Crippen LogP contribution in [0.15, 0.2) is 60.0 Å². The van der Waals surface area contributed by atoms with Crippen molar-refractivity contribution in [1.29, 1.82) is 5.26 Å². The number of allylic oxidation sites excluding steroid dienone is 1. The Morgan fingerprint density at radius 2 is 1.33 bits per heavy atom. The largest absolute Gasteiger partial charge is 0.519 e. The van der Waals surface area contributed by atoms with Gasteiger partial charge in [-0.25, -0.2) is 10.1 Å². The highest BCUT2D eigenvalue weighted by molar-refractivity contribution is 5.59. The van der Waals surface area contributed by atoms with Gasteiger partial charge in [0.1, 0.15) is 44.0 Å². The normalized spacial score (nSPS) is 11.0. The maximum atomic E-state index is 10.0. The van der Waals surface area contributed by atoms with Gasteiger partial charge in [0, 0.05) is 6.08 Å². The molecule has 0 amide bonds. The predicted octanol–water partition coefficient (Wildman–Crippen LogP) is 4.43. The van der Waals surface area contributed by atoms with Crippen molar-refractivity contribution in [2.24, 2.45) is 0 Å². The molecule has 2 aromatic carbocycles. The molecule has 0 spiro atoms. The first-order chi connectivity index (χ1) is 14.6. The van der Waals surface area contributed by atoms with Crippen molar-refractivity contribution in [3.05, 3.63) is 105 Å². The summed E-state index contributed by atoms with van der Waals surface area (Å²) in [5.41, 5.74) is 1.42. The van der Waals surface area contributed by atoms with E-state index in [4.69, 9.17) is 34.5 Å². The molecule has 0 aliphatic rings. The molecule has 0 saturated carbocycles. The molecular formula is C23H16N4O3. The van der Waals surface area contributed by atoms with Gasteiger partial charge in [0.05, 0.1) is 12.6 Å². The lowest BCUT2D eigenvalue weighted by molar-refractivity contribution is 0.0626. The predicted molar refractivity (Wildman–Crippen MR) is 111 cm³/mol. The maximum absolute atomic E-state index is 10.0. The Kier molecular flexibility index (Phi) is 8.20. The Morgan fingerprint density at radius 1 is 0.867 bits per heavy atom. The van der Waals surface area contributed by atoms with Crippen molar-refractivity contribution in [1.82, 2.24) is 0 Å². The van der Waals surface area contributed by atoms with E-state index in [1.54, 1.807) is 54.6 Å². The topological polar surface area (TPSA) is 75.6 Å². The van der Waals surface area contributed by atoms with E-state index in [0.29, 0.717) is 22.6 Å². The van der Waals surface area contributed by atoms with E-state index < -0.39 is 6.10 Å². The first-order valence-electron chi connectivity index (χ1n) is 8.67. The summed E-state index contributed by atoms with van der Waals surface area (Å²) in [5.74, 6) is 1.07. The standard InChI is InChI=1S/C23H16N4O3/c1-25-19(14-24)12-17-4-8-21(9-5-17)29-15-20(28)16-30-22-10-6-18(7-11-22)13-23(26-2)27-3/h4-13,20,28H,15-16H2/b19-12-. The van der Waals surface area contributed by atoms with Gasteiger partial charge in [-0.05, 0) is 41.5 Å². The van der Waals surface area contributed by atoms with Crippen LogP contribution >= 0.6 is 0 Å². The van der Waals surface area contributed by atoms with Gasteiger partial charge in [0.15, 0.2) is 0 Å². The van der Waals surface area contributed by atoms with Gasteiger partial charge in [-0.2, -0.15) is 9.69 Å². The Balaban J connectivity index is 1.82. The number of aliphatic hydroxyl groups is 1. The molecule has 2 rings (SSSR count). The highest BCUT2D eigenvalue weighted by Crippen LogP contribution is 2.17. The van der Waals surface area contributed by atoms with Crippen molar-refractivity contribution in [3.8, 4) is 17.6 Å². The Hall–Kier alpha value is -4.56. The highest BCUT2D eigenvalue weighted by atomic mass is 16.5. The van der Waals surface area contributed by atoms with E-state index in [9.17, 15) is 5.11 Å². The third-order valence-corrected chi connectivity index (χ3v) is 3.71. The molecular weight excluding hydrogens is 380 g/mol. The lowest BCUT2D eigenvalue weighted by Gasteiger charge is -2.14. The molecule has 0 radical (unpaired) electrons. The number of nitriles is 1. The molecule has 1 atom stereocenters. The summed E-state index contributed by atoms with van der Waals surface area (Å²) in [6, 6.07) is 15.4. The summed E-state index contributed by atoms with van der Waals surface area (Å²) in [5, 5.41) is 18.8. The van der Waals surface area contributed by atoms with Gasteiger partial charge in [-0.3, -0.25) is 0 Å². The molecule has 1 N–H and O–H groups in total. The number of nitrogens with zero attached hydrogens (tertiary/aromatic N) is 4. The molecule has 0 saturated heterocycles. The molecule has 0 heterocycles. The zero-order valence-electron chi connectivity index (χ0n) is 15.8. The van der Waals surface area contributed by atoms with E-state index in [-0.39, 0.29) is 24.7 Å². The second-order valence-corrected chi connectivity index (χ2v) is 5.89. The van der Waals surface area contributed by atoms with Crippen LogP contribution in [0.25, 0.3) is 26.7 Å². The van der Waals surface area contributed by atoms with Crippen molar-refractivity contribution >= 4 is 12.2 Å². The van der Waals surface area contributed by atoms with Crippen LogP contribution in [0.3, 0.4) is 0 Å². The van der Waals surface area contributed by atoms with Gasteiger partial charge < -0.3 is 14.6 Å². The lowest BCUT2D eigenvalue weighted by atomic mass is 10.2. The zero-order chi connectivity index (χ0) is 21.8. The Bertz CT molecular complexity index is 969. The van der Waals surface area contributed by atoms with Crippen molar-refractivity contribution in [2.45, 2.75) is 6.10 Å².